The molecule has 36 heavy (non-hydrogen) atoms. The third kappa shape index (κ3) is 5.37. The zero-order valence-electron chi connectivity index (χ0n) is 19.2. The number of pyridine rings is 1. The fourth-order valence-electron chi connectivity index (χ4n) is 4.08. The molecule has 0 spiro atoms. The van der Waals surface area contributed by atoms with Gasteiger partial charge in [0.1, 0.15) is 5.82 Å². The van der Waals surface area contributed by atoms with E-state index in [0.717, 1.165) is 16.7 Å². The molecular formula is C28H22ClFN2O4. The summed E-state index contributed by atoms with van der Waals surface area (Å²) in [4.78, 5) is 22.9. The van der Waals surface area contributed by atoms with Crippen LogP contribution in [0.25, 0.3) is 11.1 Å². The molecule has 4 aromatic rings. The summed E-state index contributed by atoms with van der Waals surface area (Å²) in [5.41, 5.74) is 4.15. The Morgan fingerprint density at radius 2 is 1.58 bits per heavy atom. The van der Waals surface area contributed by atoms with Crippen LogP contribution in [0.1, 0.15) is 39.4 Å². The van der Waals surface area contributed by atoms with Gasteiger partial charge in [-0.1, -0.05) is 59.2 Å². The Morgan fingerprint density at radius 1 is 0.972 bits per heavy atom. The third-order valence-corrected chi connectivity index (χ3v) is 6.38. The van der Waals surface area contributed by atoms with E-state index >= 15 is 0 Å². The summed E-state index contributed by atoms with van der Waals surface area (Å²) >= 11 is 6.42. The van der Waals surface area contributed by atoms with E-state index in [-0.39, 0.29) is 28.5 Å². The van der Waals surface area contributed by atoms with E-state index in [0.29, 0.717) is 16.8 Å². The first-order chi connectivity index (χ1) is 17.3. The number of aromatic carboxylic acids is 1. The van der Waals surface area contributed by atoms with Crippen molar-refractivity contribution >= 4 is 23.3 Å². The average molecular weight is 505 g/mol. The molecule has 1 atom stereocenters. The maximum atomic E-state index is 13.8. The van der Waals surface area contributed by atoms with Crippen LogP contribution in [0.4, 0.5) is 4.39 Å². The van der Waals surface area contributed by atoms with Crippen LogP contribution in [0.15, 0.2) is 95.0 Å². The molecule has 0 fully saturated rings. The number of hydrogen-bond acceptors (Lipinski definition) is 4. The van der Waals surface area contributed by atoms with Crippen molar-refractivity contribution in [2.24, 2.45) is 12.2 Å². The lowest BCUT2D eigenvalue weighted by Crippen LogP contribution is -2.18. The molecule has 8 heteroatoms. The Bertz CT molecular complexity index is 1500. The van der Waals surface area contributed by atoms with Crippen LogP contribution in [0.5, 0.6) is 0 Å². The van der Waals surface area contributed by atoms with Gasteiger partial charge < -0.3 is 14.9 Å². The number of carboxylic acid groups (broad SMARTS) is 1. The molecule has 6 nitrogen and oxygen atoms in total. The summed E-state index contributed by atoms with van der Waals surface area (Å²) in [6.07, 6.45) is 1.82. The number of aryl methyl sites for hydroxylation is 1. The van der Waals surface area contributed by atoms with Crippen LogP contribution in [0, 0.1) is 5.82 Å². The van der Waals surface area contributed by atoms with Crippen LogP contribution in [-0.2, 0) is 7.05 Å². The maximum Gasteiger partial charge on any atom is 0.335 e. The molecule has 1 aromatic heterocycles. The maximum absolute atomic E-state index is 13.8. The Labute approximate surface area is 211 Å². The van der Waals surface area contributed by atoms with E-state index in [1.165, 1.54) is 22.8 Å². The van der Waals surface area contributed by atoms with Gasteiger partial charge in [-0.05, 0) is 52.6 Å². The topological polar surface area (TPSA) is 91.9 Å². The highest BCUT2D eigenvalue weighted by Crippen LogP contribution is 2.35. The minimum Gasteiger partial charge on any atom is -0.478 e. The average Bonchev–Trinajstić information content (AvgIpc) is 2.87. The number of carboxylic acids is 1. The van der Waals surface area contributed by atoms with E-state index in [9.17, 15) is 19.2 Å². The normalized spacial score (nSPS) is 12.4. The van der Waals surface area contributed by atoms with Gasteiger partial charge in [-0.25, -0.2) is 9.18 Å². The Kier molecular flexibility index (Phi) is 7.31. The molecule has 4 rings (SSSR count). The lowest BCUT2D eigenvalue weighted by molar-refractivity contribution is 0.0697. The van der Waals surface area contributed by atoms with E-state index in [1.54, 1.807) is 49.6 Å². The number of hydrogen-bond donors (Lipinski definition) is 2. The molecule has 0 saturated heterocycles. The predicted octanol–water partition coefficient (Wildman–Crippen LogP) is 5.94. The molecule has 1 unspecified atom stereocenters. The highest BCUT2D eigenvalue weighted by atomic mass is 35.5. The van der Waals surface area contributed by atoms with Crippen molar-refractivity contribution in [1.82, 2.24) is 4.57 Å². The van der Waals surface area contributed by atoms with Gasteiger partial charge in [0, 0.05) is 42.2 Å². The molecule has 0 radical (unpaired) electrons. The summed E-state index contributed by atoms with van der Waals surface area (Å²) in [5, 5.41) is 22.7. The van der Waals surface area contributed by atoms with Crippen molar-refractivity contribution in [2.75, 3.05) is 0 Å². The molecule has 182 valence electrons. The first kappa shape index (κ1) is 24.9. The highest BCUT2D eigenvalue weighted by Gasteiger charge is 2.22. The smallest absolute Gasteiger partial charge is 0.335 e. The highest BCUT2D eigenvalue weighted by molar-refractivity contribution is 6.31. The molecular weight excluding hydrogens is 483 g/mol. The van der Waals surface area contributed by atoms with E-state index in [1.807, 2.05) is 24.3 Å². The number of nitrogens with zero attached hydrogens (tertiary/aromatic N) is 2. The molecule has 0 saturated carbocycles. The number of benzene rings is 3. The van der Waals surface area contributed by atoms with Crippen molar-refractivity contribution in [3.63, 3.8) is 0 Å². The lowest BCUT2D eigenvalue weighted by Gasteiger charge is -2.21. The second-order valence-electron chi connectivity index (χ2n) is 8.34. The number of halogens is 2. The van der Waals surface area contributed by atoms with Gasteiger partial charge in [0.15, 0.2) is 0 Å². The second-order valence-corrected chi connectivity index (χ2v) is 8.75. The minimum absolute atomic E-state index is 0.193. The van der Waals surface area contributed by atoms with E-state index in [2.05, 4.69) is 5.16 Å². The standard InChI is InChI=1S/C28H22ClFN2O4/c1-32-16-21(10-13-27(32)33)26(31-36)15-24(23-12-11-22(30)14-25(23)29)19-6-2-17(3-7-19)18-4-8-20(9-5-18)28(34)35/h2-14,16,24,36H,15H2,1H3,(H,34,35)/b31-26+. The SMILES string of the molecule is Cn1cc(/C(CC(c2ccc(-c3ccc(C(=O)O)cc3)cc2)c2ccc(F)cc2Cl)=N/O)ccc1=O. The Balaban J connectivity index is 1.72. The van der Waals surface area contributed by atoms with Gasteiger partial charge >= 0.3 is 5.97 Å². The van der Waals surface area contributed by atoms with Crippen LogP contribution >= 0.6 is 11.6 Å². The summed E-state index contributed by atoms with van der Waals surface area (Å²) in [6.45, 7) is 0. The monoisotopic (exact) mass is 504 g/mol. The second kappa shape index (κ2) is 10.6. The minimum atomic E-state index is -0.990. The van der Waals surface area contributed by atoms with Crippen LogP contribution in [0.2, 0.25) is 5.02 Å². The molecule has 0 aliphatic rings. The summed E-state index contributed by atoms with van der Waals surface area (Å²) in [5.74, 6) is -1.84. The molecule has 0 bridgehead atoms. The number of oxime groups is 1. The molecule has 2 N–H and O–H groups in total. The zero-order chi connectivity index (χ0) is 25.8. The van der Waals surface area contributed by atoms with Gasteiger partial charge in [0.05, 0.1) is 11.3 Å². The first-order valence-corrected chi connectivity index (χ1v) is 11.4. The van der Waals surface area contributed by atoms with Gasteiger partial charge in [0.2, 0.25) is 5.56 Å². The van der Waals surface area contributed by atoms with E-state index in [4.69, 9.17) is 16.7 Å². The summed E-state index contributed by atoms with van der Waals surface area (Å²) < 4.78 is 15.2. The van der Waals surface area contributed by atoms with Crippen molar-refractivity contribution < 1.29 is 19.5 Å². The molecule has 1 heterocycles. The van der Waals surface area contributed by atoms with Gasteiger partial charge in [0.25, 0.3) is 0 Å². The van der Waals surface area contributed by atoms with Crippen molar-refractivity contribution in [2.45, 2.75) is 12.3 Å². The lowest BCUT2D eigenvalue weighted by atomic mass is 9.85. The van der Waals surface area contributed by atoms with Gasteiger partial charge in [-0.2, -0.15) is 0 Å². The summed E-state index contributed by atoms with van der Waals surface area (Å²) in [7, 11) is 1.61. The predicted molar refractivity (Wildman–Crippen MR) is 137 cm³/mol. The van der Waals surface area contributed by atoms with E-state index < -0.39 is 11.8 Å². The third-order valence-electron chi connectivity index (χ3n) is 6.05. The quantitative estimate of drug-likeness (QED) is 0.185. The number of carbonyl (C=O) groups is 1. The Hall–Kier alpha value is -4.23. The van der Waals surface area contributed by atoms with Crippen molar-refractivity contribution in [1.29, 1.82) is 0 Å². The van der Waals surface area contributed by atoms with Crippen LogP contribution in [0.3, 0.4) is 0 Å². The molecule has 0 aliphatic heterocycles. The van der Waals surface area contributed by atoms with Gasteiger partial charge in [-0.3, -0.25) is 4.79 Å². The number of rotatable bonds is 7. The molecule has 0 amide bonds. The molecule has 0 aliphatic carbocycles. The first-order valence-electron chi connectivity index (χ1n) is 11.0. The largest absolute Gasteiger partial charge is 0.478 e. The fourth-order valence-corrected chi connectivity index (χ4v) is 4.38. The van der Waals surface area contributed by atoms with Crippen molar-refractivity contribution in [3.8, 4) is 11.1 Å². The van der Waals surface area contributed by atoms with Crippen LogP contribution < -0.4 is 5.56 Å². The Morgan fingerprint density at radius 3 is 2.14 bits per heavy atom. The number of aromatic nitrogens is 1. The summed E-state index contributed by atoms with van der Waals surface area (Å²) in [6, 6.07) is 21.3. The van der Waals surface area contributed by atoms with Gasteiger partial charge in [-0.15, -0.1) is 0 Å². The van der Waals surface area contributed by atoms with Crippen molar-refractivity contribution in [3.05, 3.63) is 129 Å². The zero-order valence-corrected chi connectivity index (χ0v) is 20.0. The van der Waals surface area contributed by atoms with Crippen LogP contribution in [-0.4, -0.2) is 26.6 Å². The molecule has 3 aromatic carbocycles. The fraction of sp³-hybridized carbons (Fsp3) is 0.107.